The lowest BCUT2D eigenvalue weighted by Gasteiger charge is -2.15. The Morgan fingerprint density at radius 3 is 1.23 bits per heavy atom. The van der Waals surface area contributed by atoms with Gasteiger partial charge in [0.2, 0.25) is 0 Å². The van der Waals surface area contributed by atoms with Crippen LogP contribution in [0, 0.1) is 0 Å². The van der Waals surface area contributed by atoms with Gasteiger partial charge >= 0.3 is 0 Å². The van der Waals surface area contributed by atoms with Crippen LogP contribution in [0.2, 0.25) is 0 Å². The fraction of sp³-hybridized carbons (Fsp3) is 0. The lowest BCUT2D eigenvalue weighted by Crippen LogP contribution is -2.00. The smallest absolute Gasteiger partial charge is 0.0782 e. The fourth-order valence-corrected chi connectivity index (χ4v) is 9.30. The van der Waals surface area contributed by atoms with E-state index in [1.54, 1.807) is 0 Å². The molecule has 0 saturated heterocycles. The van der Waals surface area contributed by atoms with Gasteiger partial charge in [-0.25, -0.2) is 0 Å². The number of nitrogens with zero attached hydrogens (tertiary/aromatic N) is 3. The van der Waals surface area contributed by atoms with Gasteiger partial charge in [-0.05, 0) is 82.9 Å². The van der Waals surface area contributed by atoms with Gasteiger partial charge in [-0.2, -0.15) is 0 Å². The van der Waals surface area contributed by atoms with Crippen molar-refractivity contribution in [3.8, 4) is 39.3 Å². The summed E-state index contributed by atoms with van der Waals surface area (Å²) in [6.45, 7) is 0. The first-order valence-corrected chi connectivity index (χ1v) is 19.6. The monoisotopic (exact) mass is 725 g/mol. The summed E-state index contributed by atoms with van der Waals surface area (Å²) in [6.07, 6.45) is 0. The van der Waals surface area contributed by atoms with Crippen LogP contribution in [0.3, 0.4) is 0 Å². The zero-order chi connectivity index (χ0) is 37.5. The second-order valence-corrected chi connectivity index (χ2v) is 14.9. The molecule has 0 spiro atoms. The molecule has 0 radical (unpaired) electrons. The molecular weight excluding hydrogens is 691 g/mol. The van der Waals surface area contributed by atoms with Crippen LogP contribution in [0.4, 0.5) is 0 Å². The summed E-state index contributed by atoms with van der Waals surface area (Å²) >= 11 is 0. The molecule has 9 aromatic carbocycles. The third-order valence-corrected chi connectivity index (χ3v) is 11.9. The van der Waals surface area contributed by atoms with Crippen LogP contribution < -0.4 is 0 Å². The van der Waals surface area contributed by atoms with Crippen LogP contribution in [0.25, 0.3) is 105 Å². The summed E-state index contributed by atoms with van der Waals surface area (Å²) in [5, 5.41) is 7.46. The minimum absolute atomic E-state index is 1.14. The van der Waals surface area contributed by atoms with Crippen molar-refractivity contribution in [2.24, 2.45) is 0 Å². The van der Waals surface area contributed by atoms with Crippen molar-refractivity contribution < 1.29 is 0 Å². The van der Waals surface area contributed by atoms with Gasteiger partial charge in [-0.1, -0.05) is 152 Å². The molecule has 12 rings (SSSR count). The van der Waals surface area contributed by atoms with E-state index in [2.05, 4.69) is 226 Å². The van der Waals surface area contributed by atoms with Crippen LogP contribution >= 0.6 is 0 Å². The zero-order valence-corrected chi connectivity index (χ0v) is 31.0. The lowest BCUT2D eigenvalue weighted by atomic mass is 10.0. The Labute approximate surface area is 329 Å². The largest absolute Gasteiger partial charge is 0.309 e. The third-order valence-electron chi connectivity index (χ3n) is 11.9. The van der Waals surface area contributed by atoms with Gasteiger partial charge in [-0.15, -0.1) is 0 Å². The number of rotatable bonds is 5. The second kappa shape index (κ2) is 12.5. The fourth-order valence-electron chi connectivity index (χ4n) is 9.30. The van der Waals surface area contributed by atoms with Crippen LogP contribution in [0.15, 0.2) is 212 Å². The van der Waals surface area contributed by atoms with Crippen LogP contribution in [-0.2, 0) is 0 Å². The molecular formula is C54H35N3. The van der Waals surface area contributed by atoms with E-state index in [1.807, 2.05) is 0 Å². The molecule has 3 nitrogen and oxygen atoms in total. The number of fused-ring (bicyclic) bond motifs is 9. The average Bonchev–Trinajstić information content (AvgIpc) is 3.93. The van der Waals surface area contributed by atoms with Gasteiger partial charge < -0.3 is 13.7 Å². The molecule has 3 aromatic heterocycles. The molecule has 0 aliphatic rings. The van der Waals surface area contributed by atoms with Crippen molar-refractivity contribution >= 4 is 65.4 Å². The predicted octanol–water partition coefficient (Wildman–Crippen LogP) is 14.3. The molecule has 0 bridgehead atoms. The third kappa shape index (κ3) is 4.79. The van der Waals surface area contributed by atoms with E-state index >= 15 is 0 Å². The van der Waals surface area contributed by atoms with Gasteiger partial charge in [0, 0.05) is 43.7 Å². The maximum Gasteiger partial charge on any atom is 0.0782 e. The molecule has 0 aliphatic heterocycles. The molecule has 266 valence electrons. The minimum Gasteiger partial charge on any atom is -0.309 e. The summed E-state index contributed by atoms with van der Waals surface area (Å²) in [5.74, 6) is 0. The van der Waals surface area contributed by atoms with E-state index in [0.29, 0.717) is 0 Å². The molecule has 0 aliphatic carbocycles. The predicted molar refractivity (Wildman–Crippen MR) is 240 cm³/mol. The molecule has 57 heavy (non-hydrogen) atoms. The van der Waals surface area contributed by atoms with Crippen molar-refractivity contribution in [1.82, 2.24) is 13.7 Å². The Kier molecular flexibility index (Phi) is 6.93. The van der Waals surface area contributed by atoms with Crippen molar-refractivity contribution in [1.29, 1.82) is 0 Å². The average molecular weight is 726 g/mol. The Morgan fingerprint density at radius 1 is 0.228 bits per heavy atom. The number of hydrogen-bond donors (Lipinski definition) is 0. The molecule has 12 aromatic rings. The van der Waals surface area contributed by atoms with E-state index in [4.69, 9.17) is 0 Å². The molecule has 3 heterocycles. The summed E-state index contributed by atoms with van der Waals surface area (Å²) in [6, 6.07) is 77.4. The molecule has 3 heteroatoms. The van der Waals surface area contributed by atoms with Gasteiger partial charge in [0.25, 0.3) is 0 Å². The van der Waals surface area contributed by atoms with Gasteiger partial charge in [0.15, 0.2) is 0 Å². The first-order valence-electron chi connectivity index (χ1n) is 19.6. The van der Waals surface area contributed by atoms with Crippen molar-refractivity contribution in [3.05, 3.63) is 212 Å². The molecule has 0 N–H and O–H groups in total. The number of hydrogen-bond acceptors (Lipinski definition) is 0. The van der Waals surface area contributed by atoms with Crippen molar-refractivity contribution in [3.63, 3.8) is 0 Å². The molecule has 0 fully saturated rings. The number of para-hydroxylation sites is 5. The Bertz CT molecular complexity index is 3440. The van der Waals surface area contributed by atoms with Gasteiger partial charge in [-0.3, -0.25) is 0 Å². The molecule has 0 unspecified atom stereocenters. The molecule has 0 amide bonds. The Hall–Kier alpha value is -7.62. The highest BCUT2D eigenvalue weighted by Gasteiger charge is 2.21. The van der Waals surface area contributed by atoms with E-state index in [-0.39, 0.29) is 0 Å². The topological polar surface area (TPSA) is 14.8 Å². The van der Waals surface area contributed by atoms with Crippen LogP contribution in [0.5, 0.6) is 0 Å². The summed E-state index contributed by atoms with van der Waals surface area (Å²) < 4.78 is 7.34. The normalized spacial score (nSPS) is 11.9. The quantitative estimate of drug-likeness (QED) is 0.168. The zero-order valence-electron chi connectivity index (χ0n) is 31.0. The Balaban J connectivity index is 1.03. The van der Waals surface area contributed by atoms with E-state index in [1.165, 1.54) is 93.4 Å². The first-order chi connectivity index (χ1) is 28.3. The van der Waals surface area contributed by atoms with Gasteiger partial charge in [0.05, 0.1) is 38.8 Å². The molecule has 0 atom stereocenters. The first kappa shape index (κ1) is 31.7. The SMILES string of the molecule is c1ccc(-c2ccc(-c3ccc(-n4c5ccccc5c5cc(-n6c7ccccc7c7cccc(-n8c9ccccc9c9ccccc98)c76)ccc54)cc3)cc2)cc1. The lowest BCUT2D eigenvalue weighted by molar-refractivity contribution is 1.13. The van der Waals surface area contributed by atoms with Gasteiger partial charge in [0.1, 0.15) is 0 Å². The number of aromatic nitrogens is 3. The maximum absolute atomic E-state index is 2.48. The standard InChI is InChI=1S/C54H35N3/c1-2-13-36(14-3-1)37-25-27-38(28-26-37)39-29-31-40(32-30-39)55-48-20-8-7-18-45(48)47-35-41(33-34-52(47)55)56-49-21-9-6-17-44(49)46-19-12-24-53(54(46)56)57-50-22-10-4-15-42(50)43-16-5-11-23-51(43)57/h1-35H. The summed E-state index contributed by atoms with van der Waals surface area (Å²) in [7, 11) is 0. The van der Waals surface area contributed by atoms with Crippen molar-refractivity contribution in [2.75, 3.05) is 0 Å². The molecule has 0 saturated carbocycles. The maximum atomic E-state index is 2.48. The van der Waals surface area contributed by atoms with E-state index in [9.17, 15) is 0 Å². The van der Waals surface area contributed by atoms with Crippen LogP contribution in [0.1, 0.15) is 0 Å². The Morgan fingerprint density at radius 2 is 0.632 bits per heavy atom. The van der Waals surface area contributed by atoms with E-state index < -0.39 is 0 Å². The summed E-state index contributed by atoms with van der Waals surface area (Å²) in [5.41, 5.74) is 15.5. The van der Waals surface area contributed by atoms with Crippen molar-refractivity contribution in [2.45, 2.75) is 0 Å². The highest BCUT2D eigenvalue weighted by atomic mass is 15.1. The number of benzene rings is 9. The highest BCUT2D eigenvalue weighted by molar-refractivity contribution is 6.16. The van der Waals surface area contributed by atoms with Crippen LogP contribution in [-0.4, -0.2) is 13.7 Å². The highest BCUT2D eigenvalue weighted by Crippen LogP contribution is 2.41. The second-order valence-electron chi connectivity index (χ2n) is 14.9. The summed E-state index contributed by atoms with van der Waals surface area (Å²) in [4.78, 5) is 0. The minimum atomic E-state index is 1.14. The van der Waals surface area contributed by atoms with E-state index in [0.717, 1.165) is 11.4 Å².